The Morgan fingerprint density at radius 3 is 3.05 bits per heavy atom. The van der Waals surface area contributed by atoms with Crippen molar-refractivity contribution in [3.8, 4) is 0 Å². The summed E-state index contributed by atoms with van der Waals surface area (Å²) in [5.41, 5.74) is 0. The number of nitrogens with zero attached hydrogens (tertiary/aromatic N) is 5. The van der Waals surface area contributed by atoms with Crippen molar-refractivity contribution >= 4 is 21.5 Å². The van der Waals surface area contributed by atoms with E-state index in [2.05, 4.69) is 19.4 Å². The van der Waals surface area contributed by atoms with Gasteiger partial charge in [0.2, 0.25) is 0 Å². The van der Waals surface area contributed by atoms with Crippen LogP contribution in [0.15, 0.2) is 18.6 Å². The Morgan fingerprint density at radius 2 is 2.40 bits per heavy atom. The van der Waals surface area contributed by atoms with Crippen molar-refractivity contribution in [2.45, 2.75) is 32.4 Å². The minimum Gasteiger partial charge on any atom is -0.343 e. The minimum absolute atomic E-state index is 0.101. The maximum absolute atomic E-state index is 10.8. The van der Waals surface area contributed by atoms with Crippen LogP contribution in [0.3, 0.4) is 0 Å². The molecule has 2 aromatic rings. The lowest BCUT2D eigenvalue weighted by Gasteiger charge is -2.24. The molecular weight excluding hydrogens is 278 g/mol. The molecule has 1 fully saturated rings. The standard InChI is InChI=1S/C12H15N5O2S/c1-9-13-4-6-15(9)8-10-3-2-5-16(10)12-14-7-11(20-12)17(18)19/h4,6-7,10H,2-3,5,8H2,1H3. The van der Waals surface area contributed by atoms with Crippen molar-refractivity contribution in [1.29, 1.82) is 0 Å². The summed E-state index contributed by atoms with van der Waals surface area (Å²) < 4.78 is 2.12. The maximum atomic E-state index is 10.8. The number of hydrogen-bond donors (Lipinski definition) is 0. The number of thiazole rings is 1. The predicted octanol–water partition coefficient (Wildman–Crippen LogP) is 2.23. The molecule has 20 heavy (non-hydrogen) atoms. The fourth-order valence-corrected chi connectivity index (χ4v) is 3.40. The highest BCUT2D eigenvalue weighted by Crippen LogP contribution is 2.33. The summed E-state index contributed by atoms with van der Waals surface area (Å²) in [7, 11) is 0. The molecule has 1 saturated heterocycles. The summed E-state index contributed by atoms with van der Waals surface area (Å²) in [5.74, 6) is 0.988. The zero-order valence-electron chi connectivity index (χ0n) is 11.1. The van der Waals surface area contributed by atoms with E-state index < -0.39 is 0 Å². The summed E-state index contributed by atoms with van der Waals surface area (Å²) >= 11 is 1.15. The maximum Gasteiger partial charge on any atom is 0.345 e. The van der Waals surface area contributed by atoms with E-state index in [1.807, 2.05) is 13.1 Å². The topological polar surface area (TPSA) is 77.1 Å². The van der Waals surface area contributed by atoms with Crippen molar-refractivity contribution in [1.82, 2.24) is 14.5 Å². The highest BCUT2D eigenvalue weighted by molar-refractivity contribution is 7.18. The first kappa shape index (κ1) is 13.0. The van der Waals surface area contributed by atoms with Crippen LogP contribution in [-0.4, -0.2) is 32.0 Å². The summed E-state index contributed by atoms with van der Waals surface area (Å²) in [6, 6.07) is 0.327. The third-order valence-corrected chi connectivity index (χ3v) is 4.60. The van der Waals surface area contributed by atoms with Gasteiger partial charge >= 0.3 is 5.00 Å². The Morgan fingerprint density at radius 1 is 1.55 bits per heavy atom. The van der Waals surface area contributed by atoms with E-state index in [-0.39, 0.29) is 9.92 Å². The van der Waals surface area contributed by atoms with Crippen molar-refractivity contribution in [3.05, 3.63) is 34.5 Å². The number of anilines is 1. The van der Waals surface area contributed by atoms with Crippen molar-refractivity contribution in [2.75, 3.05) is 11.4 Å². The molecule has 106 valence electrons. The first-order valence-electron chi connectivity index (χ1n) is 6.50. The van der Waals surface area contributed by atoms with E-state index >= 15 is 0 Å². The van der Waals surface area contributed by atoms with Crippen molar-refractivity contribution in [3.63, 3.8) is 0 Å². The number of imidazole rings is 1. The van der Waals surface area contributed by atoms with Gasteiger partial charge in [0.1, 0.15) is 12.0 Å². The lowest BCUT2D eigenvalue weighted by molar-refractivity contribution is -0.380. The van der Waals surface area contributed by atoms with Crippen LogP contribution in [0, 0.1) is 17.0 Å². The van der Waals surface area contributed by atoms with Gasteiger partial charge in [0.15, 0.2) is 5.13 Å². The van der Waals surface area contributed by atoms with E-state index in [1.54, 1.807) is 6.20 Å². The average molecular weight is 293 g/mol. The third-order valence-electron chi connectivity index (χ3n) is 3.62. The summed E-state index contributed by atoms with van der Waals surface area (Å²) in [6.45, 7) is 3.73. The third kappa shape index (κ3) is 2.38. The molecule has 3 rings (SSSR count). The number of rotatable bonds is 4. The van der Waals surface area contributed by atoms with Crippen molar-refractivity contribution in [2.24, 2.45) is 0 Å². The van der Waals surface area contributed by atoms with Gasteiger partial charge in [-0.15, -0.1) is 0 Å². The monoisotopic (exact) mass is 293 g/mol. The van der Waals surface area contributed by atoms with Gasteiger partial charge in [0, 0.05) is 31.5 Å². The minimum atomic E-state index is -0.383. The molecule has 3 heterocycles. The number of aromatic nitrogens is 3. The van der Waals surface area contributed by atoms with Gasteiger partial charge < -0.3 is 9.47 Å². The fourth-order valence-electron chi connectivity index (χ4n) is 2.57. The van der Waals surface area contributed by atoms with E-state index in [4.69, 9.17) is 0 Å². The fraction of sp³-hybridized carbons (Fsp3) is 0.500. The van der Waals surface area contributed by atoms with Gasteiger partial charge in [-0.05, 0) is 31.1 Å². The van der Waals surface area contributed by atoms with Crippen LogP contribution < -0.4 is 4.90 Å². The molecule has 1 atom stereocenters. The second-order valence-corrected chi connectivity index (χ2v) is 5.84. The van der Waals surface area contributed by atoms with Gasteiger partial charge in [-0.2, -0.15) is 0 Å². The molecule has 0 N–H and O–H groups in total. The molecule has 8 heteroatoms. The van der Waals surface area contributed by atoms with Gasteiger partial charge in [0.25, 0.3) is 0 Å². The quantitative estimate of drug-likeness (QED) is 0.638. The van der Waals surface area contributed by atoms with Gasteiger partial charge in [-0.1, -0.05) is 0 Å². The SMILES string of the molecule is Cc1nccn1CC1CCCN1c1ncc([N+](=O)[O-])s1. The Kier molecular flexibility index (Phi) is 3.39. The summed E-state index contributed by atoms with van der Waals surface area (Å²) in [5, 5.41) is 11.6. The first-order chi connectivity index (χ1) is 9.65. The van der Waals surface area contributed by atoms with Gasteiger partial charge in [-0.25, -0.2) is 9.97 Å². The lowest BCUT2D eigenvalue weighted by atomic mass is 10.2. The highest BCUT2D eigenvalue weighted by Gasteiger charge is 2.28. The molecule has 2 aromatic heterocycles. The Labute approximate surface area is 120 Å². The van der Waals surface area contributed by atoms with Crippen molar-refractivity contribution < 1.29 is 4.92 Å². The van der Waals surface area contributed by atoms with E-state index in [9.17, 15) is 10.1 Å². The molecular formula is C12H15N5O2S. The van der Waals surface area contributed by atoms with Crippen LogP contribution >= 0.6 is 11.3 Å². The first-order valence-corrected chi connectivity index (χ1v) is 7.31. The molecule has 1 aliphatic rings. The second-order valence-electron chi connectivity index (χ2n) is 4.85. The van der Waals surface area contributed by atoms with Crippen LogP contribution in [-0.2, 0) is 6.54 Å². The zero-order chi connectivity index (χ0) is 14.1. The smallest absolute Gasteiger partial charge is 0.343 e. The molecule has 0 bridgehead atoms. The van der Waals surface area contributed by atoms with Crippen LogP contribution in [0.2, 0.25) is 0 Å². The van der Waals surface area contributed by atoms with E-state index in [1.165, 1.54) is 6.20 Å². The molecule has 0 aromatic carbocycles. The highest BCUT2D eigenvalue weighted by atomic mass is 32.1. The molecule has 7 nitrogen and oxygen atoms in total. The Balaban J connectivity index is 1.78. The molecule has 0 saturated carbocycles. The summed E-state index contributed by atoms with van der Waals surface area (Å²) in [4.78, 5) is 21.0. The normalized spacial score (nSPS) is 18.6. The van der Waals surface area contributed by atoms with E-state index in [0.29, 0.717) is 6.04 Å². The zero-order valence-corrected chi connectivity index (χ0v) is 11.9. The van der Waals surface area contributed by atoms with Gasteiger partial charge in [0.05, 0.1) is 4.92 Å². The molecule has 0 radical (unpaired) electrons. The summed E-state index contributed by atoms with van der Waals surface area (Å²) in [6.07, 6.45) is 7.27. The number of hydrogen-bond acceptors (Lipinski definition) is 6. The molecule has 0 spiro atoms. The largest absolute Gasteiger partial charge is 0.345 e. The van der Waals surface area contributed by atoms with Crippen LogP contribution in [0.5, 0.6) is 0 Å². The number of aryl methyl sites for hydroxylation is 1. The lowest BCUT2D eigenvalue weighted by Crippen LogP contribution is -2.32. The van der Waals surface area contributed by atoms with Crippen LogP contribution in [0.4, 0.5) is 10.1 Å². The Bertz CT molecular complexity index is 623. The predicted molar refractivity (Wildman–Crippen MR) is 76.1 cm³/mol. The van der Waals surface area contributed by atoms with Crippen LogP contribution in [0.1, 0.15) is 18.7 Å². The molecule has 0 aliphatic carbocycles. The van der Waals surface area contributed by atoms with E-state index in [0.717, 1.165) is 48.2 Å². The molecule has 1 aliphatic heterocycles. The molecule has 1 unspecified atom stereocenters. The Hall–Kier alpha value is -1.96. The van der Waals surface area contributed by atoms with Gasteiger partial charge in [-0.3, -0.25) is 10.1 Å². The number of nitro groups is 1. The van der Waals surface area contributed by atoms with Crippen LogP contribution in [0.25, 0.3) is 0 Å². The average Bonchev–Trinajstić information content (AvgIpc) is 3.11. The molecule has 0 amide bonds. The second kappa shape index (κ2) is 5.20.